The number of halogens is 2. The first-order valence-corrected chi connectivity index (χ1v) is 4.11. The Balaban J connectivity index is 0.000000845. The highest BCUT2D eigenvalue weighted by molar-refractivity contribution is 5.85. The van der Waals surface area contributed by atoms with Gasteiger partial charge in [-0.05, 0) is 12.1 Å². The zero-order chi connectivity index (χ0) is 8.39. The molecule has 14 heavy (non-hydrogen) atoms. The highest BCUT2D eigenvalue weighted by atomic mass is 35.5. The van der Waals surface area contributed by atoms with Crippen molar-refractivity contribution in [2.45, 2.75) is 5.92 Å². The van der Waals surface area contributed by atoms with Gasteiger partial charge in [-0.15, -0.1) is 24.8 Å². The second-order valence-electron chi connectivity index (χ2n) is 2.98. The van der Waals surface area contributed by atoms with Gasteiger partial charge in [0.15, 0.2) is 0 Å². The third kappa shape index (κ3) is 2.74. The molecule has 80 valence electrons. The van der Waals surface area contributed by atoms with Crippen LogP contribution in [0.25, 0.3) is 0 Å². The van der Waals surface area contributed by atoms with Crippen molar-refractivity contribution >= 4 is 24.8 Å². The Morgan fingerprint density at radius 2 is 2.07 bits per heavy atom. The Morgan fingerprint density at radius 3 is 2.43 bits per heavy atom. The molecule has 1 aliphatic rings. The lowest BCUT2D eigenvalue weighted by molar-refractivity contribution is 0.408. The number of hydrogen-bond donors (Lipinski definition) is 1. The second kappa shape index (κ2) is 6.06. The van der Waals surface area contributed by atoms with Crippen LogP contribution in [0.2, 0.25) is 0 Å². The molecule has 0 unspecified atom stereocenters. The average molecular weight is 237 g/mol. The molecule has 1 fully saturated rings. The van der Waals surface area contributed by atoms with Crippen molar-refractivity contribution in [2.24, 2.45) is 0 Å². The van der Waals surface area contributed by atoms with E-state index in [-0.39, 0.29) is 24.8 Å². The summed E-state index contributed by atoms with van der Waals surface area (Å²) in [6.45, 7) is 2.11. The lowest BCUT2D eigenvalue weighted by Gasteiger charge is -2.26. The van der Waals surface area contributed by atoms with Crippen molar-refractivity contribution in [2.75, 3.05) is 20.2 Å². The van der Waals surface area contributed by atoms with Crippen LogP contribution in [0.3, 0.4) is 0 Å². The van der Waals surface area contributed by atoms with E-state index in [4.69, 9.17) is 4.74 Å². The van der Waals surface area contributed by atoms with E-state index in [1.54, 1.807) is 13.3 Å². The Morgan fingerprint density at radius 1 is 1.36 bits per heavy atom. The van der Waals surface area contributed by atoms with Crippen molar-refractivity contribution < 1.29 is 4.74 Å². The molecule has 0 saturated carbocycles. The van der Waals surface area contributed by atoms with Gasteiger partial charge in [0.25, 0.3) is 0 Å². The molecular weight excluding hydrogens is 223 g/mol. The summed E-state index contributed by atoms with van der Waals surface area (Å²) in [5.74, 6) is 1.43. The molecular formula is C9H14Cl2N2O. The van der Waals surface area contributed by atoms with E-state index >= 15 is 0 Å². The van der Waals surface area contributed by atoms with Gasteiger partial charge >= 0.3 is 0 Å². The molecule has 0 aromatic carbocycles. The fourth-order valence-electron chi connectivity index (χ4n) is 1.25. The van der Waals surface area contributed by atoms with E-state index in [1.807, 2.05) is 12.1 Å². The summed E-state index contributed by atoms with van der Waals surface area (Å²) in [7, 11) is 1.65. The molecule has 3 nitrogen and oxygen atoms in total. The van der Waals surface area contributed by atoms with E-state index in [9.17, 15) is 0 Å². The first-order chi connectivity index (χ1) is 5.90. The largest absolute Gasteiger partial charge is 0.495 e. The van der Waals surface area contributed by atoms with E-state index in [1.165, 1.54) is 0 Å². The summed E-state index contributed by atoms with van der Waals surface area (Å²) in [6.07, 6.45) is 1.77. The molecule has 1 aromatic rings. The van der Waals surface area contributed by atoms with Crippen LogP contribution in [0, 0.1) is 0 Å². The van der Waals surface area contributed by atoms with Gasteiger partial charge in [-0.2, -0.15) is 0 Å². The van der Waals surface area contributed by atoms with Crippen molar-refractivity contribution in [3.05, 3.63) is 24.0 Å². The van der Waals surface area contributed by atoms with Gasteiger partial charge in [-0.1, -0.05) is 0 Å². The van der Waals surface area contributed by atoms with Crippen molar-refractivity contribution in [3.8, 4) is 5.75 Å². The molecule has 0 amide bonds. The normalized spacial score (nSPS) is 14.6. The van der Waals surface area contributed by atoms with Crippen molar-refractivity contribution in [1.29, 1.82) is 0 Å². The highest BCUT2D eigenvalue weighted by Gasteiger charge is 2.19. The van der Waals surface area contributed by atoms with Crippen molar-refractivity contribution in [1.82, 2.24) is 10.3 Å². The minimum absolute atomic E-state index is 0. The molecule has 0 radical (unpaired) electrons. The minimum atomic E-state index is 0. The second-order valence-corrected chi connectivity index (χ2v) is 2.98. The molecule has 0 atom stereocenters. The zero-order valence-corrected chi connectivity index (χ0v) is 9.53. The Labute approximate surface area is 96.1 Å². The number of nitrogens with one attached hydrogen (secondary N) is 1. The number of rotatable bonds is 2. The average Bonchev–Trinajstić information content (AvgIpc) is 2.03. The molecule has 5 heteroatoms. The molecule has 1 N–H and O–H groups in total. The topological polar surface area (TPSA) is 34.1 Å². The minimum Gasteiger partial charge on any atom is -0.495 e. The number of hydrogen-bond acceptors (Lipinski definition) is 3. The van der Waals surface area contributed by atoms with E-state index < -0.39 is 0 Å². The third-order valence-electron chi connectivity index (χ3n) is 2.19. The van der Waals surface area contributed by atoms with Crippen LogP contribution in [0.5, 0.6) is 5.75 Å². The molecule has 1 aromatic heterocycles. The summed E-state index contributed by atoms with van der Waals surface area (Å²) in [5.41, 5.74) is 1.16. The lowest BCUT2D eigenvalue weighted by Crippen LogP contribution is -2.40. The first-order valence-electron chi connectivity index (χ1n) is 4.11. The summed E-state index contributed by atoms with van der Waals surface area (Å²) < 4.78 is 5.02. The summed E-state index contributed by atoms with van der Waals surface area (Å²) in [4.78, 5) is 4.31. The van der Waals surface area contributed by atoms with Crippen LogP contribution in [0.4, 0.5) is 0 Å². The van der Waals surface area contributed by atoms with Crippen molar-refractivity contribution in [3.63, 3.8) is 0 Å². The molecule has 1 saturated heterocycles. The Kier molecular flexibility index (Phi) is 5.84. The molecule has 0 aliphatic carbocycles. The quantitative estimate of drug-likeness (QED) is 0.848. The lowest BCUT2D eigenvalue weighted by atomic mass is 9.99. The fourth-order valence-corrected chi connectivity index (χ4v) is 1.25. The Hall–Kier alpha value is -0.510. The summed E-state index contributed by atoms with van der Waals surface area (Å²) in [6, 6.07) is 3.99. The smallest absolute Gasteiger partial charge is 0.137 e. The molecule has 2 heterocycles. The molecule has 0 spiro atoms. The maximum Gasteiger partial charge on any atom is 0.137 e. The maximum absolute atomic E-state index is 5.02. The van der Waals surface area contributed by atoms with Crippen LogP contribution < -0.4 is 10.1 Å². The third-order valence-corrected chi connectivity index (χ3v) is 2.19. The number of aromatic nitrogens is 1. The van der Waals surface area contributed by atoms with Gasteiger partial charge in [-0.25, -0.2) is 0 Å². The number of pyridine rings is 1. The molecule has 2 rings (SSSR count). The van der Waals surface area contributed by atoms with Gasteiger partial charge in [0, 0.05) is 24.7 Å². The SMILES string of the molecule is COc1ccc(C2CNC2)nc1.Cl.Cl. The van der Waals surface area contributed by atoms with Crippen LogP contribution in [0.15, 0.2) is 18.3 Å². The summed E-state index contributed by atoms with van der Waals surface area (Å²) >= 11 is 0. The molecule has 1 aliphatic heterocycles. The van der Waals surface area contributed by atoms with Gasteiger partial charge < -0.3 is 10.1 Å². The summed E-state index contributed by atoms with van der Waals surface area (Å²) in [5, 5.41) is 3.22. The van der Waals surface area contributed by atoms with Gasteiger partial charge in [-0.3, -0.25) is 4.98 Å². The number of nitrogens with zero attached hydrogens (tertiary/aromatic N) is 1. The van der Waals surface area contributed by atoms with E-state index in [0.29, 0.717) is 5.92 Å². The van der Waals surface area contributed by atoms with Crippen LogP contribution in [-0.4, -0.2) is 25.2 Å². The van der Waals surface area contributed by atoms with Crippen LogP contribution in [-0.2, 0) is 0 Å². The maximum atomic E-state index is 5.02. The predicted molar refractivity (Wildman–Crippen MR) is 60.9 cm³/mol. The van der Waals surface area contributed by atoms with Gasteiger partial charge in [0.05, 0.1) is 13.3 Å². The van der Waals surface area contributed by atoms with Crippen LogP contribution in [0.1, 0.15) is 11.6 Å². The van der Waals surface area contributed by atoms with Gasteiger partial charge in [0.1, 0.15) is 5.75 Å². The number of methoxy groups -OCH3 is 1. The fraction of sp³-hybridized carbons (Fsp3) is 0.444. The van der Waals surface area contributed by atoms with Gasteiger partial charge in [0.2, 0.25) is 0 Å². The zero-order valence-electron chi connectivity index (χ0n) is 7.90. The Bertz CT molecular complexity index is 262. The van der Waals surface area contributed by atoms with E-state index in [2.05, 4.69) is 10.3 Å². The van der Waals surface area contributed by atoms with Crippen LogP contribution >= 0.6 is 24.8 Å². The van der Waals surface area contributed by atoms with E-state index in [0.717, 1.165) is 24.5 Å². The molecule has 0 bridgehead atoms. The first kappa shape index (κ1) is 13.5. The highest BCUT2D eigenvalue weighted by Crippen LogP contribution is 2.19. The predicted octanol–water partition coefficient (Wildman–Crippen LogP) is 1.62. The standard InChI is InChI=1S/C9H12N2O.2ClH/c1-12-8-2-3-9(11-6-8)7-4-10-5-7;;/h2-3,6-7,10H,4-5H2,1H3;2*1H. The number of ether oxygens (including phenoxy) is 1. The monoisotopic (exact) mass is 236 g/mol.